The third-order valence-electron chi connectivity index (χ3n) is 5.04. The van der Waals surface area contributed by atoms with Crippen molar-refractivity contribution in [3.63, 3.8) is 0 Å². The molecule has 0 aliphatic heterocycles. The number of nitriles is 1. The minimum absolute atomic E-state index is 0.166. The molecule has 2 aromatic heterocycles. The molecule has 1 amide bonds. The first-order valence-corrected chi connectivity index (χ1v) is 13.6. The van der Waals surface area contributed by atoms with Crippen LogP contribution >= 0.6 is 11.3 Å². The van der Waals surface area contributed by atoms with E-state index in [-0.39, 0.29) is 11.7 Å². The molecule has 1 aliphatic rings. The highest BCUT2D eigenvalue weighted by Crippen LogP contribution is 2.39. The molecule has 1 N–H and O–H groups in total. The number of alkyl halides is 3. The average molecular weight is 541 g/mol. The van der Waals surface area contributed by atoms with Crippen molar-refractivity contribution in [3.8, 4) is 11.2 Å². The highest BCUT2D eigenvalue weighted by atomic mass is 32.2. The first-order valence-electron chi connectivity index (χ1n) is 10.9. The minimum atomic E-state index is -4.84. The number of sulfone groups is 1. The molecule has 0 radical (unpaired) electrons. The number of benzene rings is 1. The molecule has 14 heteroatoms. The maximum Gasteiger partial charge on any atom is 0.416 e. The van der Waals surface area contributed by atoms with Gasteiger partial charge in [0.25, 0.3) is 5.91 Å². The summed E-state index contributed by atoms with van der Waals surface area (Å²) < 4.78 is 65.1. The Balaban J connectivity index is 0.00000176. The van der Waals surface area contributed by atoms with E-state index in [4.69, 9.17) is 5.26 Å². The topological polar surface area (TPSA) is 131 Å². The van der Waals surface area contributed by atoms with Crippen LogP contribution < -0.4 is 5.32 Å². The summed E-state index contributed by atoms with van der Waals surface area (Å²) in [7, 11) is -4.00. The van der Waals surface area contributed by atoms with Crippen molar-refractivity contribution in [2.24, 2.45) is 0 Å². The summed E-state index contributed by atoms with van der Waals surface area (Å²) in [6.07, 6.45) is -0.892. The molecule has 0 unspecified atom stereocenters. The van der Waals surface area contributed by atoms with Gasteiger partial charge in [0.2, 0.25) is 5.13 Å². The van der Waals surface area contributed by atoms with E-state index in [1.54, 1.807) is 6.92 Å². The van der Waals surface area contributed by atoms with Crippen LogP contribution in [0, 0.1) is 11.3 Å². The van der Waals surface area contributed by atoms with Crippen LogP contribution in [0.5, 0.6) is 0 Å². The van der Waals surface area contributed by atoms with Gasteiger partial charge in [-0.05, 0) is 38.0 Å². The predicted octanol–water partition coefficient (Wildman–Crippen LogP) is 4.41. The predicted molar refractivity (Wildman–Crippen MR) is 126 cm³/mol. The van der Waals surface area contributed by atoms with Crippen molar-refractivity contribution >= 4 is 27.1 Å². The highest BCUT2D eigenvalue weighted by molar-refractivity contribution is 7.90. The molecule has 9 nitrogen and oxygen atoms in total. The summed E-state index contributed by atoms with van der Waals surface area (Å²) in [5.74, 6) is 0.0783. The zero-order valence-electron chi connectivity index (χ0n) is 19.8. The van der Waals surface area contributed by atoms with Crippen molar-refractivity contribution in [1.82, 2.24) is 25.1 Å². The summed E-state index contributed by atoms with van der Waals surface area (Å²) in [6, 6.07) is 3.14. The van der Waals surface area contributed by atoms with Crippen LogP contribution in [0.1, 0.15) is 78.0 Å². The fourth-order valence-electron chi connectivity index (χ4n) is 3.14. The van der Waals surface area contributed by atoms with E-state index in [0.29, 0.717) is 28.0 Å². The number of nitrogens with zero attached hydrogens (tertiary/aromatic N) is 5. The number of thiazole rings is 1. The molecule has 1 aromatic carbocycles. The van der Waals surface area contributed by atoms with Gasteiger partial charge in [0.1, 0.15) is 10.9 Å². The standard InChI is InChI=1S/C20H17F3N6O3S2.C2H6/c1-10(17-27-16(11-3-4-11)28-29(17)19-25-9-14(8-24)33-19)26-18(30)12-5-13(20(21,22)23)7-15(6-12)34(2,31)32;1-2/h5-7,9-11H,3-4H2,1-2H3,(H,26,30);1-2H3/t10-;/m0./s1. The number of carbonyl (C=O) groups is 1. The van der Waals surface area contributed by atoms with Crippen molar-refractivity contribution in [1.29, 1.82) is 5.26 Å². The zero-order chi connectivity index (χ0) is 26.8. The van der Waals surface area contributed by atoms with Gasteiger partial charge < -0.3 is 5.32 Å². The van der Waals surface area contributed by atoms with Crippen molar-refractivity contribution < 1.29 is 26.4 Å². The first-order chi connectivity index (χ1) is 16.9. The van der Waals surface area contributed by atoms with Crippen molar-refractivity contribution in [3.05, 3.63) is 52.0 Å². The van der Waals surface area contributed by atoms with Crippen LogP contribution in [-0.4, -0.2) is 40.3 Å². The van der Waals surface area contributed by atoms with Crippen LogP contribution in [0.4, 0.5) is 13.2 Å². The summed E-state index contributed by atoms with van der Waals surface area (Å²) >= 11 is 1.07. The van der Waals surface area contributed by atoms with Gasteiger partial charge in [0.15, 0.2) is 21.5 Å². The molecule has 0 spiro atoms. The zero-order valence-corrected chi connectivity index (χ0v) is 21.4. The van der Waals surface area contributed by atoms with E-state index in [9.17, 15) is 26.4 Å². The number of halogens is 3. The van der Waals surface area contributed by atoms with E-state index in [1.807, 2.05) is 19.9 Å². The third-order valence-corrected chi connectivity index (χ3v) is 7.00. The van der Waals surface area contributed by atoms with E-state index in [0.717, 1.165) is 36.5 Å². The van der Waals surface area contributed by atoms with Gasteiger partial charge in [-0.3, -0.25) is 4.79 Å². The molecule has 1 atom stereocenters. The smallest absolute Gasteiger partial charge is 0.342 e. The fraction of sp³-hybridized carbons (Fsp3) is 0.409. The largest absolute Gasteiger partial charge is 0.416 e. The third kappa shape index (κ3) is 6.08. The van der Waals surface area contributed by atoms with E-state index >= 15 is 0 Å². The Bertz CT molecular complexity index is 1420. The van der Waals surface area contributed by atoms with Crippen LogP contribution in [0.3, 0.4) is 0 Å². The molecule has 4 rings (SSSR count). The number of nitrogens with one attached hydrogen (secondary N) is 1. The lowest BCUT2D eigenvalue weighted by molar-refractivity contribution is -0.137. The molecule has 192 valence electrons. The van der Waals surface area contributed by atoms with Gasteiger partial charge in [0.05, 0.1) is 22.7 Å². The van der Waals surface area contributed by atoms with E-state index in [1.165, 1.54) is 10.9 Å². The Kier molecular flexibility index (Phi) is 7.85. The Morgan fingerprint density at radius 3 is 2.47 bits per heavy atom. The molecule has 2 heterocycles. The molecule has 0 bridgehead atoms. The maximum atomic E-state index is 13.3. The minimum Gasteiger partial charge on any atom is -0.342 e. The second-order valence-corrected chi connectivity index (χ2v) is 10.9. The number of hydrogen-bond acceptors (Lipinski definition) is 8. The number of aromatic nitrogens is 4. The van der Waals surface area contributed by atoms with Gasteiger partial charge in [-0.15, -0.1) is 5.10 Å². The second kappa shape index (κ2) is 10.4. The lowest BCUT2D eigenvalue weighted by Gasteiger charge is -2.15. The normalized spacial score (nSPS) is 14.4. The van der Waals surface area contributed by atoms with E-state index < -0.39 is 44.0 Å². The Hall–Kier alpha value is -3.31. The van der Waals surface area contributed by atoms with Gasteiger partial charge in [-0.1, -0.05) is 25.2 Å². The number of rotatable bonds is 6. The number of hydrogen-bond donors (Lipinski definition) is 1. The molecule has 1 fully saturated rings. The van der Waals surface area contributed by atoms with E-state index in [2.05, 4.69) is 20.4 Å². The lowest BCUT2D eigenvalue weighted by atomic mass is 10.1. The summed E-state index contributed by atoms with van der Waals surface area (Å²) in [6.45, 7) is 5.57. The van der Waals surface area contributed by atoms with Crippen LogP contribution in [0.25, 0.3) is 5.13 Å². The van der Waals surface area contributed by atoms with Crippen molar-refractivity contribution in [2.45, 2.75) is 56.6 Å². The van der Waals surface area contributed by atoms with Gasteiger partial charge in [-0.25, -0.2) is 18.4 Å². The number of carbonyl (C=O) groups excluding carboxylic acids is 1. The lowest BCUT2D eigenvalue weighted by Crippen LogP contribution is -2.29. The number of amides is 1. The van der Waals surface area contributed by atoms with Gasteiger partial charge >= 0.3 is 6.18 Å². The van der Waals surface area contributed by atoms with Gasteiger partial charge in [-0.2, -0.15) is 23.1 Å². The van der Waals surface area contributed by atoms with Gasteiger partial charge in [0, 0.05) is 17.7 Å². The molecule has 1 aliphatic carbocycles. The van der Waals surface area contributed by atoms with Crippen LogP contribution in [-0.2, 0) is 16.0 Å². The van der Waals surface area contributed by atoms with Crippen LogP contribution in [0.2, 0.25) is 0 Å². The fourth-order valence-corrected chi connectivity index (χ4v) is 4.50. The first kappa shape index (κ1) is 27.3. The maximum absolute atomic E-state index is 13.3. The van der Waals surface area contributed by atoms with Crippen LogP contribution in [0.15, 0.2) is 29.3 Å². The molecular formula is C22H23F3N6O3S2. The molecular weight excluding hydrogens is 517 g/mol. The highest BCUT2D eigenvalue weighted by Gasteiger charge is 2.34. The van der Waals surface area contributed by atoms with Crippen molar-refractivity contribution in [2.75, 3.05) is 6.26 Å². The summed E-state index contributed by atoms with van der Waals surface area (Å²) in [5, 5.41) is 16.4. The molecule has 0 saturated heterocycles. The SMILES string of the molecule is CC.C[C@H](NC(=O)c1cc(C(F)(F)F)cc(S(C)(=O)=O)c1)c1nc(C2CC2)nn1-c1ncc(C#N)s1. The molecule has 3 aromatic rings. The Labute approximate surface area is 209 Å². The quantitative estimate of drug-likeness (QED) is 0.490. The monoisotopic (exact) mass is 540 g/mol. The summed E-state index contributed by atoms with van der Waals surface area (Å²) in [4.78, 5) is 21.2. The Morgan fingerprint density at radius 1 is 1.28 bits per heavy atom. The average Bonchev–Trinajstić information content (AvgIpc) is 3.39. The molecule has 1 saturated carbocycles. The molecule has 36 heavy (non-hydrogen) atoms. The Morgan fingerprint density at radius 2 is 1.94 bits per heavy atom. The second-order valence-electron chi connectivity index (χ2n) is 7.84. The summed E-state index contributed by atoms with van der Waals surface area (Å²) in [5.41, 5.74) is -1.71.